The first-order chi connectivity index (χ1) is 23.3. The minimum absolute atomic E-state index is 0.00163. The van der Waals surface area contributed by atoms with Crippen molar-refractivity contribution in [3.05, 3.63) is 0 Å². The molecule has 2 amide bonds. The van der Waals surface area contributed by atoms with Gasteiger partial charge in [0.15, 0.2) is 0 Å². The van der Waals surface area contributed by atoms with E-state index < -0.39 is 24.5 Å². The van der Waals surface area contributed by atoms with E-state index in [1.807, 2.05) is 0 Å². The summed E-state index contributed by atoms with van der Waals surface area (Å²) < 4.78 is 5.99. The molecule has 0 aliphatic rings. The zero-order chi connectivity index (χ0) is 35.5. The standard InChI is InChI=1S/C39H74N2O7/c1-3-5-7-9-11-13-14-16-18-23-27-31-38(45)48-34(28-24-20-17-15-12-10-8-6-4-2)29-25-21-19-22-26-30-36(43)40-32-37(44)41-35(33-42)39(46)47/h34-35,42H,3-33H2,1-2H3,(H,40,43)(H,41,44)(H,46,47). The molecule has 0 aromatic carbocycles. The van der Waals surface area contributed by atoms with Gasteiger partial charge in [-0.3, -0.25) is 14.4 Å². The summed E-state index contributed by atoms with van der Waals surface area (Å²) in [5, 5.41) is 22.5. The van der Waals surface area contributed by atoms with E-state index >= 15 is 0 Å². The van der Waals surface area contributed by atoms with Gasteiger partial charge in [0.2, 0.25) is 11.8 Å². The number of carboxylic acid groups (broad SMARTS) is 1. The largest absolute Gasteiger partial charge is 0.480 e. The molecule has 0 aromatic heterocycles. The molecule has 9 heteroatoms. The van der Waals surface area contributed by atoms with Crippen LogP contribution < -0.4 is 10.6 Å². The molecule has 0 radical (unpaired) electrons. The molecule has 0 aromatic rings. The molecule has 282 valence electrons. The number of hydrogen-bond acceptors (Lipinski definition) is 6. The van der Waals surface area contributed by atoms with Gasteiger partial charge in [-0.2, -0.15) is 0 Å². The van der Waals surface area contributed by atoms with Crippen LogP contribution in [0.4, 0.5) is 0 Å². The quantitative estimate of drug-likeness (QED) is 0.0382. The number of esters is 1. The molecular formula is C39H74N2O7. The normalized spacial score (nSPS) is 12.4. The summed E-state index contributed by atoms with van der Waals surface area (Å²) in [5.74, 6) is -2.28. The van der Waals surface area contributed by atoms with Crippen molar-refractivity contribution in [1.29, 1.82) is 0 Å². The third-order valence-electron chi connectivity index (χ3n) is 9.10. The van der Waals surface area contributed by atoms with Gasteiger partial charge in [0.05, 0.1) is 13.2 Å². The number of carbonyl (C=O) groups is 4. The van der Waals surface area contributed by atoms with Gasteiger partial charge in [0, 0.05) is 12.8 Å². The van der Waals surface area contributed by atoms with Crippen molar-refractivity contribution >= 4 is 23.8 Å². The molecule has 0 fully saturated rings. The molecule has 0 saturated carbocycles. The van der Waals surface area contributed by atoms with Crippen LogP contribution >= 0.6 is 0 Å². The van der Waals surface area contributed by atoms with Gasteiger partial charge in [-0.15, -0.1) is 0 Å². The van der Waals surface area contributed by atoms with Crippen LogP contribution in [0.15, 0.2) is 0 Å². The molecule has 4 N–H and O–H groups in total. The molecule has 9 nitrogen and oxygen atoms in total. The Morgan fingerprint density at radius 2 is 0.938 bits per heavy atom. The van der Waals surface area contributed by atoms with Crippen LogP contribution in [0, 0.1) is 0 Å². The lowest BCUT2D eigenvalue weighted by Gasteiger charge is -2.18. The van der Waals surface area contributed by atoms with Crippen molar-refractivity contribution < 1.29 is 34.1 Å². The van der Waals surface area contributed by atoms with Gasteiger partial charge in [-0.05, 0) is 38.5 Å². The highest BCUT2D eigenvalue weighted by Gasteiger charge is 2.19. The zero-order valence-corrected chi connectivity index (χ0v) is 31.0. The van der Waals surface area contributed by atoms with Gasteiger partial charge in [-0.1, -0.05) is 149 Å². The number of aliphatic hydroxyl groups is 1. The zero-order valence-electron chi connectivity index (χ0n) is 31.0. The molecule has 0 bridgehead atoms. The van der Waals surface area contributed by atoms with Gasteiger partial charge in [0.1, 0.15) is 12.1 Å². The van der Waals surface area contributed by atoms with Crippen molar-refractivity contribution in [3.8, 4) is 0 Å². The van der Waals surface area contributed by atoms with Crippen LogP contribution in [0.1, 0.15) is 200 Å². The van der Waals surface area contributed by atoms with Crippen LogP contribution in [0.5, 0.6) is 0 Å². The van der Waals surface area contributed by atoms with Crippen LogP contribution in [-0.2, 0) is 23.9 Å². The van der Waals surface area contributed by atoms with E-state index in [2.05, 4.69) is 24.5 Å². The molecule has 2 unspecified atom stereocenters. The smallest absolute Gasteiger partial charge is 0.328 e. The Labute approximate surface area is 293 Å². The number of unbranched alkanes of at least 4 members (excludes halogenated alkanes) is 22. The molecule has 0 saturated heterocycles. The predicted octanol–water partition coefficient (Wildman–Crippen LogP) is 8.93. The fourth-order valence-corrected chi connectivity index (χ4v) is 6.01. The average molecular weight is 683 g/mol. The van der Waals surface area contributed by atoms with Gasteiger partial charge in [-0.25, -0.2) is 4.79 Å². The fourth-order valence-electron chi connectivity index (χ4n) is 6.01. The molecule has 0 spiro atoms. The minimum atomic E-state index is -1.38. The number of hydrogen-bond donors (Lipinski definition) is 4. The van der Waals surface area contributed by atoms with E-state index in [9.17, 15) is 19.2 Å². The Kier molecular flexibility index (Phi) is 33.1. The van der Waals surface area contributed by atoms with E-state index in [0.29, 0.717) is 19.3 Å². The molecule has 0 aliphatic heterocycles. The maximum Gasteiger partial charge on any atom is 0.328 e. The van der Waals surface area contributed by atoms with Crippen molar-refractivity contribution in [3.63, 3.8) is 0 Å². The second-order valence-electron chi connectivity index (χ2n) is 13.7. The summed E-state index contributed by atoms with van der Waals surface area (Å²) in [4.78, 5) is 47.3. The number of carboxylic acids is 1. The summed E-state index contributed by atoms with van der Waals surface area (Å²) in [5.41, 5.74) is 0. The summed E-state index contributed by atoms with van der Waals surface area (Å²) in [6.45, 7) is 3.47. The van der Waals surface area contributed by atoms with Gasteiger partial charge >= 0.3 is 11.9 Å². The number of amides is 2. The van der Waals surface area contributed by atoms with Crippen LogP contribution in [0.2, 0.25) is 0 Å². The first kappa shape index (κ1) is 45.8. The Balaban J connectivity index is 4.24. The summed E-state index contributed by atoms with van der Waals surface area (Å²) in [7, 11) is 0. The molecule has 0 heterocycles. The number of carbonyl (C=O) groups excluding carboxylic acids is 3. The number of aliphatic hydroxyl groups excluding tert-OH is 1. The maximum absolute atomic E-state index is 12.7. The first-order valence-corrected chi connectivity index (χ1v) is 19.9. The Morgan fingerprint density at radius 3 is 1.35 bits per heavy atom. The Morgan fingerprint density at radius 1 is 0.542 bits per heavy atom. The minimum Gasteiger partial charge on any atom is -0.480 e. The van der Waals surface area contributed by atoms with E-state index in [1.54, 1.807) is 0 Å². The third-order valence-corrected chi connectivity index (χ3v) is 9.10. The van der Waals surface area contributed by atoms with E-state index in [0.717, 1.165) is 57.8 Å². The highest BCUT2D eigenvalue weighted by molar-refractivity contribution is 5.87. The molecule has 48 heavy (non-hydrogen) atoms. The lowest BCUT2D eigenvalue weighted by molar-refractivity contribution is -0.150. The van der Waals surface area contributed by atoms with E-state index in [4.69, 9.17) is 14.9 Å². The molecule has 0 rings (SSSR count). The lowest BCUT2D eigenvalue weighted by Crippen LogP contribution is -2.47. The number of rotatable bonds is 36. The van der Waals surface area contributed by atoms with Gasteiger partial charge in [0.25, 0.3) is 0 Å². The Hall–Kier alpha value is -2.16. The maximum atomic E-state index is 12.7. The molecule has 2 atom stereocenters. The first-order valence-electron chi connectivity index (χ1n) is 19.9. The van der Waals surface area contributed by atoms with Crippen LogP contribution in [0.25, 0.3) is 0 Å². The molecule has 0 aliphatic carbocycles. The monoisotopic (exact) mass is 683 g/mol. The summed E-state index contributed by atoms with van der Waals surface area (Å²) in [6.07, 6.45) is 32.7. The fraction of sp³-hybridized carbons (Fsp3) is 0.897. The second kappa shape index (κ2) is 34.7. The SMILES string of the molecule is CCCCCCCCCCCCCC(=O)OC(CCCCCCCCCCC)CCCCCCCC(=O)NCC(=O)NC(CO)C(=O)O. The highest BCUT2D eigenvalue weighted by Crippen LogP contribution is 2.19. The van der Waals surface area contributed by atoms with Crippen molar-refractivity contribution in [2.75, 3.05) is 13.2 Å². The highest BCUT2D eigenvalue weighted by atomic mass is 16.5. The van der Waals surface area contributed by atoms with Gasteiger partial charge < -0.3 is 25.6 Å². The number of ether oxygens (including phenoxy) is 1. The van der Waals surface area contributed by atoms with Crippen molar-refractivity contribution in [1.82, 2.24) is 10.6 Å². The van der Waals surface area contributed by atoms with Crippen LogP contribution in [-0.4, -0.2) is 59.3 Å². The number of nitrogens with one attached hydrogen (secondary N) is 2. The molecular weight excluding hydrogens is 608 g/mol. The third kappa shape index (κ3) is 31.1. The van der Waals surface area contributed by atoms with Crippen molar-refractivity contribution in [2.24, 2.45) is 0 Å². The second-order valence-corrected chi connectivity index (χ2v) is 13.7. The summed E-state index contributed by atoms with van der Waals surface area (Å²) >= 11 is 0. The van der Waals surface area contributed by atoms with Crippen LogP contribution in [0.3, 0.4) is 0 Å². The number of aliphatic carboxylic acids is 1. The average Bonchev–Trinajstić information content (AvgIpc) is 3.07. The Bertz CT molecular complexity index is 792. The topological polar surface area (TPSA) is 142 Å². The van der Waals surface area contributed by atoms with E-state index in [-0.39, 0.29) is 24.5 Å². The predicted molar refractivity (Wildman–Crippen MR) is 195 cm³/mol. The van der Waals surface area contributed by atoms with E-state index in [1.165, 1.54) is 109 Å². The van der Waals surface area contributed by atoms with Crippen molar-refractivity contribution in [2.45, 2.75) is 212 Å². The summed E-state index contributed by atoms with van der Waals surface area (Å²) in [6, 6.07) is -1.38. The lowest BCUT2D eigenvalue weighted by atomic mass is 10.0.